The van der Waals surface area contributed by atoms with Crippen LogP contribution in [-0.4, -0.2) is 21.1 Å². The molecule has 4 rings (SSSR count). The fourth-order valence-corrected chi connectivity index (χ4v) is 4.35. The Hall–Kier alpha value is -1.59. The molecule has 3 saturated carbocycles. The summed E-state index contributed by atoms with van der Waals surface area (Å²) in [6.07, 6.45) is 4.06. The van der Waals surface area contributed by atoms with Crippen LogP contribution in [0.2, 0.25) is 0 Å². The molecule has 6 heteroatoms. The minimum absolute atomic E-state index is 0.191. The number of aromatic nitrogens is 3. The number of nitrogens with zero attached hydrogens (tertiary/aromatic N) is 2. The lowest BCUT2D eigenvalue weighted by Crippen LogP contribution is -2.27. The van der Waals surface area contributed by atoms with Crippen molar-refractivity contribution in [2.45, 2.75) is 25.8 Å². The Morgan fingerprint density at radius 1 is 1.39 bits per heavy atom. The van der Waals surface area contributed by atoms with Crippen LogP contribution < -0.4 is 11.1 Å². The molecule has 18 heavy (non-hydrogen) atoms. The van der Waals surface area contributed by atoms with E-state index in [0.29, 0.717) is 24.2 Å². The van der Waals surface area contributed by atoms with Gasteiger partial charge in [-0.25, -0.2) is 0 Å². The monoisotopic (exact) mass is 247 g/mol. The van der Waals surface area contributed by atoms with Gasteiger partial charge in [0.1, 0.15) is 5.82 Å². The summed E-state index contributed by atoms with van der Waals surface area (Å²) >= 11 is 0. The predicted molar refractivity (Wildman–Crippen MR) is 63.9 cm³/mol. The summed E-state index contributed by atoms with van der Waals surface area (Å²) in [6.45, 7) is 0.397. The van der Waals surface area contributed by atoms with Crippen LogP contribution >= 0.6 is 0 Å². The van der Waals surface area contributed by atoms with E-state index in [9.17, 15) is 4.79 Å². The number of aromatic amines is 1. The molecule has 3 aliphatic carbocycles. The SMILES string of the molecule is Nc1n[nH]c(CNC(=O)C2[C@@H]3[C@H]4CC[C@H](C4)[C@H]23)n1. The molecule has 3 aliphatic rings. The van der Waals surface area contributed by atoms with E-state index in [1.54, 1.807) is 0 Å². The van der Waals surface area contributed by atoms with Crippen LogP contribution in [0.4, 0.5) is 5.95 Å². The maximum atomic E-state index is 12.1. The molecule has 1 heterocycles. The molecular weight excluding hydrogens is 230 g/mol. The maximum Gasteiger partial charge on any atom is 0.239 e. The molecule has 1 unspecified atom stereocenters. The normalized spacial score (nSPS) is 39.7. The number of H-pyrrole nitrogens is 1. The molecule has 6 nitrogen and oxygen atoms in total. The van der Waals surface area contributed by atoms with Crippen LogP contribution in [0, 0.1) is 29.6 Å². The highest BCUT2D eigenvalue weighted by atomic mass is 16.2. The van der Waals surface area contributed by atoms with Crippen LogP contribution in [0.15, 0.2) is 0 Å². The summed E-state index contributed by atoms with van der Waals surface area (Å²) in [5, 5.41) is 9.38. The van der Waals surface area contributed by atoms with Gasteiger partial charge in [0.2, 0.25) is 11.9 Å². The van der Waals surface area contributed by atoms with Gasteiger partial charge in [0.25, 0.3) is 0 Å². The average Bonchev–Trinajstić information content (AvgIpc) is 2.69. The first-order valence-corrected chi connectivity index (χ1v) is 6.68. The first-order valence-electron chi connectivity index (χ1n) is 6.68. The number of nitrogens with one attached hydrogen (secondary N) is 2. The second-order valence-corrected chi connectivity index (χ2v) is 5.87. The van der Waals surface area contributed by atoms with Crippen molar-refractivity contribution in [3.8, 4) is 0 Å². The van der Waals surface area contributed by atoms with Crippen molar-refractivity contribution >= 4 is 11.9 Å². The molecule has 0 spiro atoms. The number of hydrogen-bond acceptors (Lipinski definition) is 4. The highest BCUT2D eigenvalue weighted by molar-refractivity contribution is 5.82. The number of carbonyl (C=O) groups excluding carboxylic acids is 1. The summed E-state index contributed by atoms with van der Waals surface area (Å²) in [6, 6.07) is 0. The zero-order valence-corrected chi connectivity index (χ0v) is 10.1. The van der Waals surface area contributed by atoms with Crippen molar-refractivity contribution in [2.75, 3.05) is 5.73 Å². The van der Waals surface area contributed by atoms with E-state index in [1.165, 1.54) is 19.3 Å². The summed E-state index contributed by atoms with van der Waals surface area (Å²) in [5.41, 5.74) is 5.41. The number of rotatable bonds is 3. The quantitative estimate of drug-likeness (QED) is 0.715. The number of anilines is 1. The second-order valence-electron chi connectivity index (χ2n) is 5.87. The van der Waals surface area contributed by atoms with Gasteiger partial charge in [0.15, 0.2) is 0 Å². The molecular formula is C12H17N5O. The lowest BCUT2D eigenvalue weighted by atomic mass is 10.0. The van der Waals surface area contributed by atoms with Crippen LogP contribution in [0.3, 0.4) is 0 Å². The van der Waals surface area contributed by atoms with Crippen LogP contribution in [0.1, 0.15) is 25.1 Å². The number of nitrogens with two attached hydrogens (primary N) is 1. The van der Waals surface area contributed by atoms with Gasteiger partial charge in [-0.15, -0.1) is 5.10 Å². The Kier molecular flexibility index (Phi) is 1.99. The van der Waals surface area contributed by atoms with Gasteiger partial charge in [0.05, 0.1) is 6.54 Å². The fraction of sp³-hybridized carbons (Fsp3) is 0.750. The van der Waals surface area contributed by atoms with Gasteiger partial charge in [0, 0.05) is 5.92 Å². The fourth-order valence-electron chi connectivity index (χ4n) is 4.35. The standard InChI is InChI=1S/C12H17N5O/c13-12-15-7(16-17-12)4-14-11(18)10-8-5-1-2-6(3-5)9(8)10/h5-6,8-10H,1-4H2,(H,14,18)(H3,13,15,16,17)/t5-,6+,8+,9-,10?. The molecule has 4 N–H and O–H groups in total. The molecule has 0 radical (unpaired) electrons. The van der Waals surface area contributed by atoms with E-state index in [-0.39, 0.29) is 17.8 Å². The lowest BCUT2D eigenvalue weighted by Gasteiger charge is -2.08. The van der Waals surface area contributed by atoms with Crippen molar-refractivity contribution in [1.29, 1.82) is 0 Å². The highest BCUT2D eigenvalue weighted by Gasteiger charge is 2.67. The van der Waals surface area contributed by atoms with E-state index in [1.807, 2.05) is 0 Å². The molecule has 96 valence electrons. The van der Waals surface area contributed by atoms with Crippen molar-refractivity contribution in [3.63, 3.8) is 0 Å². The zero-order valence-electron chi connectivity index (χ0n) is 10.1. The van der Waals surface area contributed by atoms with Crippen molar-refractivity contribution in [3.05, 3.63) is 5.82 Å². The van der Waals surface area contributed by atoms with Gasteiger partial charge in [-0.3, -0.25) is 9.89 Å². The summed E-state index contributed by atoms with van der Waals surface area (Å²) < 4.78 is 0. The van der Waals surface area contributed by atoms with Crippen molar-refractivity contribution < 1.29 is 4.79 Å². The van der Waals surface area contributed by atoms with Gasteiger partial charge in [-0.05, 0) is 42.9 Å². The van der Waals surface area contributed by atoms with E-state index < -0.39 is 0 Å². The summed E-state index contributed by atoms with van der Waals surface area (Å²) in [5.74, 6) is 4.34. The molecule has 0 aromatic carbocycles. The molecule has 1 aromatic heterocycles. The minimum atomic E-state index is 0.191. The Balaban J connectivity index is 1.36. The topological polar surface area (TPSA) is 96.7 Å². The molecule has 1 amide bonds. The van der Waals surface area contributed by atoms with Gasteiger partial charge in [-0.2, -0.15) is 4.98 Å². The second kappa shape index (κ2) is 3.46. The zero-order chi connectivity index (χ0) is 12.3. The van der Waals surface area contributed by atoms with Crippen LogP contribution in [0.25, 0.3) is 0 Å². The van der Waals surface area contributed by atoms with Crippen molar-refractivity contribution in [2.24, 2.45) is 29.6 Å². The summed E-state index contributed by atoms with van der Waals surface area (Å²) in [7, 11) is 0. The molecule has 0 aliphatic heterocycles. The Bertz CT molecular complexity index is 482. The number of fused-ring (bicyclic) bond motifs is 5. The largest absolute Gasteiger partial charge is 0.367 e. The van der Waals surface area contributed by atoms with E-state index in [0.717, 1.165) is 11.8 Å². The maximum absolute atomic E-state index is 12.1. The van der Waals surface area contributed by atoms with Gasteiger partial charge in [-0.1, -0.05) is 0 Å². The highest BCUT2D eigenvalue weighted by Crippen LogP contribution is 2.69. The Morgan fingerprint density at radius 2 is 2.11 bits per heavy atom. The molecule has 0 saturated heterocycles. The molecule has 3 fully saturated rings. The van der Waals surface area contributed by atoms with E-state index in [4.69, 9.17) is 5.73 Å². The third kappa shape index (κ3) is 1.38. The number of hydrogen-bond donors (Lipinski definition) is 3. The van der Waals surface area contributed by atoms with E-state index in [2.05, 4.69) is 20.5 Å². The number of amides is 1. The first-order chi connectivity index (χ1) is 8.74. The van der Waals surface area contributed by atoms with Crippen molar-refractivity contribution in [1.82, 2.24) is 20.5 Å². The number of nitrogen functional groups attached to an aromatic ring is 1. The molecule has 1 aromatic rings. The van der Waals surface area contributed by atoms with Crippen LogP contribution in [0.5, 0.6) is 0 Å². The predicted octanol–water partition coefficient (Wildman–Crippen LogP) is 0.295. The average molecular weight is 247 g/mol. The lowest BCUT2D eigenvalue weighted by molar-refractivity contribution is -0.123. The number of carbonyl (C=O) groups is 1. The third-order valence-corrected chi connectivity index (χ3v) is 5.02. The first kappa shape index (κ1) is 10.3. The Morgan fingerprint density at radius 3 is 2.72 bits per heavy atom. The van der Waals surface area contributed by atoms with Gasteiger partial charge < -0.3 is 11.1 Å². The minimum Gasteiger partial charge on any atom is -0.367 e. The van der Waals surface area contributed by atoms with Gasteiger partial charge >= 0.3 is 0 Å². The van der Waals surface area contributed by atoms with E-state index >= 15 is 0 Å². The third-order valence-electron chi connectivity index (χ3n) is 5.02. The summed E-state index contributed by atoms with van der Waals surface area (Å²) in [4.78, 5) is 16.1. The smallest absolute Gasteiger partial charge is 0.239 e. The Labute approximate surface area is 105 Å². The molecule has 5 atom stereocenters. The molecule has 2 bridgehead atoms. The van der Waals surface area contributed by atoms with Crippen LogP contribution in [-0.2, 0) is 11.3 Å².